The molecule has 2 atom stereocenters. The van der Waals surface area contributed by atoms with Crippen LogP contribution in [0.2, 0.25) is 0 Å². The van der Waals surface area contributed by atoms with Crippen molar-refractivity contribution in [3.63, 3.8) is 0 Å². The van der Waals surface area contributed by atoms with Crippen molar-refractivity contribution in [1.82, 2.24) is 29.0 Å². The Kier molecular flexibility index (Phi) is 9.05. The zero-order valence-corrected chi connectivity index (χ0v) is 24.7. The number of benzene rings is 1. The Labute approximate surface area is 240 Å². The van der Waals surface area contributed by atoms with Crippen LogP contribution in [0.25, 0.3) is 15.2 Å². The maximum Gasteiger partial charge on any atom is 0.332 e. The fraction of sp³-hybridized carbons (Fsp3) is 0.429. The lowest BCUT2D eigenvalue weighted by Crippen LogP contribution is -2.47. The molecule has 0 fully saturated rings. The molecular formula is C28H33N7O5S. The number of para-hydroxylation sites is 1. The number of amides is 1. The first-order chi connectivity index (χ1) is 19.6. The monoisotopic (exact) mass is 579 g/mol. The minimum atomic E-state index is -1.06. The van der Waals surface area contributed by atoms with Crippen molar-refractivity contribution >= 4 is 27.5 Å². The third kappa shape index (κ3) is 5.66. The zero-order valence-electron chi connectivity index (χ0n) is 23.9. The van der Waals surface area contributed by atoms with Gasteiger partial charge in [0.25, 0.3) is 5.56 Å². The number of aryl methyl sites for hydroxylation is 1. The van der Waals surface area contributed by atoms with Crippen LogP contribution in [0.4, 0.5) is 0 Å². The van der Waals surface area contributed by atoms with Gasteiger partial charge in [-0.3, -0.25) is 14.2 Å². The maximum absolute atomic E-state index is 14.2. The second kappa shape index (κ2) is 12.5. The molecule has 0 radical (unpaired) electrons. The van der Waals surface area contributed by atoms with Crippen molar-refractivity contribution < 1.29 is 14.3 Å². The van der Waals surface area contributed by atoms with Crippen molar-refractivity contribution in [2.24, 2.45) is 0 Å². The standard InChI is InChI=1S/C28H33N7O5S/c1-17(2)32(5)24(36)19(4)34-25(37)23-18(3)26(35-30-13-14-31-35)41-27(23)33(28(34)38)16-22(40-15-9-12-29)20-10-7-8-11-21(20)39-6/h7-8,10-11,13-14,17,19,22H,9,15-16H2,1-6H3. The molecule has 3 aromatic heterocycles. The highest BCUT2D eigenvalue weighted by atomic mass is 32.1. The largest absolute Gasteiger partial charge is 0.496 e. The molecule has 2 unspecified atom stereocenters. The molecular weight excluding hydrogens is 546 g/mol. The molecule has 0 aliphatic heterocycles. The predicted octanol–water partition coefficient (Wildman–Crippen LogP) is 3.22. The van der Waals surface area contributed by atoms with Gasteiger partial charge in [0.05, 0.1) is 50.5 Å². The van der Waals surface area contributed by atoms with Crippen molar-refractivity contribution in [2.45, 2.75) is 58.8 Å². The highest BCUT2D eigenvalue weighted by Crippen LogP contribution is 2.33. The Morgan fingerprint density at radius 1 is 1.17 bits per heavy atom. The number of fused-ring (bicyclic) bond motifs is 1. The SMILES string of the molecule is COc1ccccc1C(Cn1c(=O)n(C(C)C(=O)N(C)C(C)C)c(=O)c2c(C)c(-n3nccn3)sc21)OCCC#N. The second-order valence-electron chi connectivity index (χ2n) is 9.83. The molecule has 12 nitrogen and oxygen atoms in total. The van der Waals surface area contributed by atoms with E-state index < -0.39 is 23.4 Å². The van der Waals surface area contributed by atoms with E-state index in [0.717, 1.165) is 4.57 Å². The van der Waals surface area contributed by atoms with Crippen LogP contribution in [0.5, 0.6) is 5.75 Å². The van der Waals surface area contributed by atoms with Gasteiger partial charge in [-0.15, -0.1) is 4.80 Å². The molecule has 13 heteroatoms. The van der Waals surface area contributed by atoms with Crippen LogP contribution in [0, 0.1) is 18.3 Å². The summed E-state index contributed by atoms with van der Waals surface area (Å²) in [5.41, 5.74) is 0.0534. The van der Waals surface area contributed by atoms with E-state index >= 15 is 0 Å². The number of methoxy groups -OCH3 is 1. The number of nitrogens with zero attached hydrogens (tertiary/aromatic N) is 7. The topological polar surface area (TPSA) is 137 Å². The van der Waals surface area contributed by atoms with E-state index in [2.05, 4.69) is 16.3 Å². The highest BCUT2D eigenvalue weighted by Gasteiger charge is 2.30. The van der Waals surface area contributed by atoms with Crippen molar-refractivity contribution in [1.29, 1.82) is 5.26 Å². The average molecular weight is 580 g/mol. The minimum Gasteiger partial charge on any atom is -0.496 e. The van der Waals surface area contributed by atoms with Gasteiger partial charge in [-0.25, -0.2) is 9.36 Å². The first-order valence-electron chi connectivity index (χ1n) is 13.2. The van der Waals surface area contributed by atoms with Crippen molar-refractivity contribution in [2.75, 3.05) is 20.8 Å². The first kappa shape index (κ1) is 29.7. The lowest BCUT2D eigenvalue weighted by Gasteiger charge is -2.26. The predicted molar refractivity (Wildman–Crippen MR) is 155 cm³/mol. The molecule has 4 rings (SSSR count). The number of hydrogen-bond donors (Lipinski definition) is 0. The van der Waals surface area contributed by atoms with Crippen LogP contribution in [0.3, 0.4) is 0 Å². The number of ether oxygens (including phenoxy) is 2. The van der Waals surface area contributed by atoms with E-state index in [1.807, 2.05) is 32.0 Å². The molecule has 0 aliphatic carbocycles. The second-order valence-corrected chi connectivity index (χ2v) is 10.8. The number of nitriles is 1. The Morgan fingerprint density at radius 2 is 1.85 bits per heavy atom. The summed E-state index contributed by atoms with van der Waals surface area (Å²) in [4.78, 5) is 44.8. The minimum absolute atomic E-state index is 0.00568. The fourth-order valence-corrected chi connectivity index (χ4v) is 5.83. The first-order valence-corrected chi connectivity index (χ1v) is 14.0. The molecule has 0 bridgehead atoms. The van der Waals surface area contributed by atoms with Crippen LogP contribution in [-0.4, -0.2) is 61.7 Å². The molecule has 1 aromatic carbocycles. The maximum atomic E-state index is 14.2. The van der Waals surface area contributed by atoms with Crippen LogP contribution in [0.15, 0.2) is 46.2 Å². The Balaban J connectivity index is 1.99. The number of carbonyl (C=O) groups excluding carboxylic acids is 1. The molecule has 0 saturated carbocycles. The normalized spacial score (nSPS) is 12.8. The Bertz CT molecular complexity index is 1700. The van der Waals surface area contributed by atoms with Gasteiger partial charge in [-0.05, 0) is 33.8 Å². The number of carbonyl (C=O) groups is 1. The van der Waals surface area contributed by atoms with Gasteiger partial charge in [-0.1, -0.05) is 29.5 Å². The molecule has 41 heavy (non-hydrogen) atoms. The summed E-state index contributed by atoms with van der Waals surface area (Å²) in [5, 5.41) is 18.4. The third-order valence-corrected chi connectivity index (χ3v) is 8.33. The molecule has 1 amide bonds. The highest BCUT2D eigenvalue weighted by molar-refractivity contribution is 7.21. The fourth-order valence-electron chi connectivity index (χ4n) is 4.61. The van der Waals surface area contributed by atoms with Crippen LogP contribution in [0.1, 0.15) is 50.5 Å². The van der Waals surface area contributed by atoms with Gasteiger partial charge in [0.1, 0.15) is 27.7 Å². The summed E-state index contributed by atoms with van der Waals surface area (Å²) in [5.74, 6) is 0.191. The quantitative estimate of drug-likeness (QED) is 0.247. The van der Waals surface area contributed by atoms with Crippen LogP contribution < -0.4 is 16.0 Å². The summed E-state index contributed by atoms with van der Waals surface area (Å²) in [6, 6.07) is 8.15. The van der Waals surface area contributed by atoms with Gasteiger partial charge in [0, 0.05) is 24.2 Å². The van der Waals surface area contributed by atoms with Crippen molar-refractivity contribution in [3.8, 4) is 16.8 Å². The number of rotatable bonds is 11. The summed E-state index contributed by atoms with van der Waals surface area (Å²) < 4.78 is 14.2. The molecule has 0 saturated heterocycles. The van der Waals surface area contributed by atoms with Gasteiger partial charge in [0.15, 0.2) is 0 Å². The molecule has 216 valence electrons. The third-order valence-electron chi connectivity index (χ3n) is 7.05. The summed E-state index contributed by atoms with van der Waals surface area (Å²) >= 11 is 1.21. The van der Waals surface area contributed by atoms with E-state index in [0.29, 0.717) is 32.1 Å². The smallest absolute Gasteiger partial charge is 0.332 e. The van der Waals surface area contributed by atoms with Crippen LogP contribution >= 0.6 is 11.3 Å². The summed E-state index contributed by atoms with van der Waals surface area (Å²) in [6.45, 7) is 7.16. The summed E-state index contributed by atoms with van der Waals surface area (Å²) in [6.07, 6.45) is 2.50. The molecule has 4 aromatic rings. The molecule has 0 aliphatic rings. The number of aromatic nitrogens is 5. The van der Waals surface area contributed by atoms with Crippen molar-refractivity contribution in [3.05, 3.63) is 68.6 Å². The zero-order chi connectivity index (χ0) is 29.8. The number of thiophene rings is 1. The van der Waals surface area contributed by atoms with E-state index in [9.17, 15) is 14.4 Å². The van der Waals surface area contributed by atoms with Gasteiger partial charge in [0.2, 0.25) is 5.91 Å². The van der Waals surface area contributed by atoms with Gasteiger partial charge < -0.3 is 14.4 Å². The molecule has 0 N–H and O–H groups in total. The van der Waals surface area contributed by atoms with Crippen LogP contribution in [-0.2, 0) is 16.1 Å². The van der Waals surface area contributed by atoms with E-state index in [1.165, 1.54) is 38.0 Å². The van der Waals surface area contributed by atoms with Gasteiger partial charge in [-0.2, -0.15) is 15.5 Å². The number of hydrogen-bond acceptors (Lipinski definition) is 9. The lowest BCUT2D eigenvalue weighted by molar-refractivity contribution is -0.134. The molecule has 0 spiro atoms. The number of likely N-dealkylation sites (N-methyl/N-ethyl adjacent to an activating group) is 1. The van der Waals surface area contributed by atoms with Gasteiger partial charge >= 0.3 is 5.69 Å². The van der Waals surface area contributed by atoms with E-state index in [4.69, 9.17) is 14.7 Å². The Hall–Kier alpha value is -4.28. The summed E-state index contributed by atoms with van der Waals surface area (Å²) in [7, 11) is 3.18. The molecule has 3 heterocycles. The van der Waals surface area contributed by atoms with E-state index in [1.54, 1.807) is 34.1 Å². The average Bonchev–Trinajstić information content (AvgIpc) is 3.61. The van der Waals surface area contributed by atoms with E-state index in [-0.39, 0.29) is 31.5 Å². The Morgan fingerprint density at radius 3 is 2.49 bits per heavy atom. The lowest BCUT2D eigenvalue weighted by atomic mass is 10.1.